The number of hydrogen-bond donors (Lipinski definition) is 2. The van der Waals surface area contributed by atoms with Crippen LogP contribution >= 0.6 is 23.2 Å². The van der Waals surface area contributed by atoms with Gasteiger partial charge in [-0.15, -0.1) is 0 Å². The highest BCUT2D eigenvalue weighted by Gasteiger charge is 2.46. The molecular formula is C41H34Cl2N2. The molecule has 1 aliphatic carbocycles. The first kappa shape index (κ1) is 29.2. The van der Waals surface area contributed by atoms with Gasteiger partial charge < -0.3 is 10.6 Å². The molecule has 0 saturated heterocycles. The van der Waals surface area contributed by atoms with Crippen LogP contribution in [0.4, 0.5) is 22.7 Å². The molecule has 0 bridgehead atoms. The van der Waals surface area contributed by atoms with Crippen molar-refractivity contribution in [1.82, 2.24) is 0 Å². The Kier molecular flexibility index (Phi) is 7.44. The molecule has 0 radical (unpaired) electrons. The molecule has 0 spiro atoms. The fourth-order valence-electron chi connectivity index (χ4n) is 6.67. The molecule has 222 valence electrons. The maximum Gasteiger partial charge on any atom is 0.0714 e. The molecule has 2 nitrogen and oxygen atoms in total. The standard InChI is InChI=1S/C41H34Cl2N2/c1-25-13-17-31(21-27(25)3)44-39-19-15-29(23-37(39)42)41(35-11-7-5-9-33(35)34-10-6-8-12-36(34)41)30-16-20-40(38(43)24-30)45-32-18-14-26(2)28(4)22-32/h5-24,44-45H,1-4H3. The number of benzene rings is 6. The minimum absolute atomic E-state index is 0.613. The molecule has 6 aromatic rings. The van der Waals surface area contributed by atoms with Crippen LogP contribution in [0, 0.1) is 27.7 Å². The Balaban J connectivity index is 1.38. The average Bonchev–Trinajstić information content (AvgIpc) is 3.34. The molecule has 45 heavy (non-hydrogen) atoms. The number of fused-ring (bicyclic) bond motifs is 3. The van der Waals surface area contributed by atoms with Gasteiger partial charge in [-0.3, -0.25) is 0 Å². The van der Waals surface area contributed by atoms with Gasteiger partial charge in [-0.2, -0.15) is 0 Å². The van der Waals surface area contributed by atoms with Crippen molar-refractivity contribution in [3.63, 3.8) is 0 Å². The molecule has 0 heterocycles. The van der Waals surface area contributed by atoms with E-state index in [1.807, 2.05) is 0 Å². The van der Waals surface area contributed by atoms with Gasteiger partial charge >= 0.3 is 0 Å². The molecule has 0 fully saturated rings. The minimum atomic E-state index is -0.613. The SMILES string of the molecule is Cc1ccc(Nc2ccc(C3(c4ccc(Nc5ccc(C)c(C)c5)c(Cl)c4)c4ccccc4-c4ccccc43)cc2Cl)cc1C. The van der Waals surface area contributed by atoms with Gasteiger partial charge in [0.1, 0.15) is 0 Å². The van der Waals surface area contributed by atoms with E-state index < -0.39 is 5.41 Å². The van der Waals surface area contributed by atoms with E-state index >= 15 is 0 Å². The quantitative estimate of drug-likeness (QED) is 0.192. The number of nitrogens with one attached hydrogen (secondary N) is 2. The van der Waals surface area contributed by atoms with Crippen LogP contribution in [0.1, 0.15) is 44.5 Å². The summed E-state index contributed by atoms with van der Waals surface area (Å²) in [6, 6.07) is 42.9. The maximum atomic E-state index is 7.10. The first-order valence-corrected chi connectivity index (χ1v) is 16.0. The van der Waals surface area contributed by atoms with Gasteiger partial charge in [0, 0.05) is 11.4 Å². The van der Waals surface area contributed by atoms with Crippen LogP contribution in [0.5, 0.6) is 0 Å². The fraction of sp³-hybridized carbons (Fsp3) is 0.122. The Hall–Kier alpha value is -4.50. The minimum Gasteiger partial charge on any atom is -0.354 e. The van der Waals surface area contributed by atoms with Crippen molar-refractivity contribution < 1.29 is 0 Å². The molecule has 4 heteroatoms. The van der Waals surface area contributed by atoms with Crippen LogP contribution in [-0.2, 0) is 5.41 Å². The highest BCUT2D eigenvalue weighted by Crippen LogP contribution is 2.57. The van der Waals surface area contributed by atoms with Gasteiger partial charge in [-0.1, -0.05) is 96.0 Å². The third-order valence-corrected chi connectivity index (χ3v) is 9.95. The average molecular weight is 626 g/mol. The molecule has 0 amide bonds. The van der Waals surface area contributed by atoms with Crippen molar-refractivity contribution >= 4 is 46.0 Å². The lowest BCUT2D eigenvalue weighted by atomic mass is 9.67. The Bertz CT molecular complexity index is 1940. The lowest BCUT2D eigenvalue weighted by Crippen LogP contribution is -2.28. The van der Waals surface area contributed by atoms with Crippen molar-refractivity contribution in [2.24, 2.45) is 0 Å². The van der Waals surface area contributed by atoms with Crippen molar-refractivity contribution in [2.75, 3.05) is 10.6 Å². The van der Waals surface area contributed by atoms with E-state index in [-0.39, 0.29) is 0 Å². The predicted octanol–water partition coefficient (Wildman–Crippen LogP) is 12.1. The number of rotatable bonds is 6. The fourth-order valence-corrected chi connectivity index (χ4v) is 7.13. The largest absolute Gasteiger partial charge is 0.354 e. The molecule has 6 aromatic carbocycles. The topological polar surface area (TPSA) is 24.1 Å². The third kappa shape index (κ3) is 4.99. The first-order valence-electron chi connectivity index (χ1n) is 15.2. The first-order chi connectivity index (χ1) is 21.8. The van der Waals surface area contributed by atoms with Gasteiger partial charge in [0.15, 0.2) is 0 Å². The molecule has 0 aliphatic heterocycles. The van der Waals surface area contributed by atoms with E-state index in [1.165, 1.54) is 44.5 Å². The van der Waals surface area contributed by atoms with Gasteiger partial charge in [-0.25, -0.2) is 0 Å². The summed E-state index contributed by atoms with van der Waals surface area (Å²) in [5.74, 6) is 0. The number of anilines is 4. The molecule has 1 aliphatic rings. The summed E-state index contributed by atoms with van der Waals surface area (Å²) < 4.78 is 0. The zero-order chi connectivity index (χ0) is 31.3. The summed E-state index contributed by atoms with van der Waals surface area (Å²) in [4.78, 5) is 0. The summed E-state index contributed by atoms with van der Waals surface area (Å²) in [7, 11) is 0. The zero-order valence-corrected chi connectivity index (χ0v) is 27.3. The van der Waals surface area contributed by atoms with E-state index in [9.17, 15) is 0 Å². The molecule has 2 N–H and O–H groups in total. The van der Waals surface area contributed by atoms with Gasteiger partial charge in [0.05, 0.1) is 26.8 Å². The Morgan fingerprint density at radius 3 is 1.27 bits per heavy atom. The normalized spacial score (nSPS) is 12.8. The molecule has 0 aromatic heterocycles. The van der Waals surface area contributed by atoms with Crippen molar-refractivity contribution in [3.05, 3.63) is 176 Å². The Morgan fingerprint density at radius 1 is 0.444 bits per heavy atom. The lowest BCUT2D eigenvalue weighted by molar-refractivity contribution is 0.769. The second kappa shape index (κ2) is 11.5. The van der Waals surface area contributed by atoms with Crippen LogP contribution in [0.15, 0.2) is 121 Å². The van der Waals surface area contributed by atoms with Crippen molar-refractivity contribution in [2.45, 2.75) is 33.1 Å². The van der Waals surface area contributed by atoms with E-state index in [0.29, 0.717) is 10.0 Å². The summed E-state index contributed by atoms with van der Waals surface area (Å²) >= 11 is 14.2. The number of halogens is 2. The van der Waals surface area contributed by atoms with E-state index in [2.05, 4.69) is 160 Å². The number of hydrogen-bond acceptors (Lipinski definition) is 2. The number of aryl methyl sites for hydroxylation is 4. The van der Waals surface area contributed by atoms with Gasteiger partial charge in [-0.05, 0) is 132 Å². The Morgan fingerprint density at radius 2 is 0.867 bits per heavy atom. The second-order valence-electron chi connectivity index (χ2n) is 12.1. The molecule has 0 unspecified atom stereocenters. The van der Waals surface area contributed by atoms with Crippen molar-refractivity contribution in [1.29, 1.82) is 0 Å². The third-order valence-electron chi connectivity index (χ3n) is 9.33. The molecule has 0 saturated carbocycles. The Labute approximate surface area is 275 Å². The molecule has 7 rings (SSSR count). The van der Waals surface area contributed by atoms with Crippen LogP contribution < -0.4 is 10.6 Å². The summed E-state index contributed by atoms with van der Waals surface area (Å²) in [5, 5.41) is 8.39. The monoisotopic (exact) mass is 624 g/mol. The van der Waals surface area contributed by atoms with Crippen LogP contribution in [0.2, 0.25) is 10.0 Å². The highest BCUT2D eigenvalue weighted by molar-refractivity contribution is 6.34. The lowest BCUT2D eigenvalue weighted by Gasteiger charge is -2.34. The van der Waals surface area contributed by atoms with Crippen LogP contribution in [0.25, 0.3) is 11.1 Å². The van der Waals surface area contributed by atoms with Crippen molar-refractivity contribution in [3.8, 4) is 11.1 Å². The summed E-state index contributed by atoms with van der Waals surface area (Å²) in [6.45, 7) is 8.49. The van der Waals surface area contributed by atoms with Crippen LogP contribution in [-0.4, -0.2) is 0 Å². The van der Waals surface area contributed by atoms with E-state index in [1.54, 1.807) is 0 Å². The summed E-state index contributed by atoms with van der Waals surface area (Å²) in [6.07, 6.45) is 0. The van der Waals surface area contributed by atoms with E-state index in [4.69, 9.17) is 23.2 Å². The maximum absolute atomic E-state index is 7.10. The molecule has 0 atom stereocenters. The second-order valence-corrected chi connectivity index (χ2v) is 12.9. The van der Waals surface area contributed by atoms with Gasteiger partial charge in [0.2, 0.25) is 0 Å². The van der Waals surface area contributed by atoms with Crippen LogP contribution in [0.3, 0.4) is 0 Å². The zero-order valence-electron chi connectivity index (χ0n) is 25.8. The predicted molar refractivity (Wildman–Crippen MR) is 192 cm³/mol. The smallest absolute Gasteiger partial charge is 0.0714 e. The summed E-state index contributed by atoms with van der Waals surface area (Å²) in [5.41, 5.74) is 15.2. The van der Waals surface area contributed by atoms with E-state index in [0.717, 1.165) is 33.9 Å². The highest BCUT2D eigenvalue weighted by atomic mass is 35.5. The molecular weight excluding hydrogens is 591 g/mol. The van der Waals surface area contributed by atoms with Gasteiger partial charge in [0.25, 0.3) is 0 Å².